The Labute approximate surface area is 206 Å². The molecule has 1 N–H and O–H groups in total. The molecule has 1 aliphatic carbocycles. The molecular weight excluding hydrogens is 498 g/mol. The number of tetrazole rings is 1. The molecule has 0 radical (unpaired) electrons. The van der Waals surface area contributed by atoms with E-state index in [9.17, 15) is 4.79 Å². The van der Waals surface area contributed by atoms with Gasteiger partial charge >= 0.3 is 0 Å². The van der Waals surface area contributed by atoms with E-state index >= 15 is 0 Å². The van der Waals surface area contributed by atoms with Crippen LogP contribution in [0.2, 0.25) is 0 Å². The largest absolute Gasteiger partial charge is 0.490 e. The van der Waals surface area contributed by atoms with E-state index in [2.05, 4.69) is 50.6 Å². The molecule has 0 spiro atoms. The van der Waals surface area contributed by atoms with Gasteiger partial charge < -0.3 is 14.8 Å². The van der Waals surface area contributed by atoms with Gasteiger partial charge in [0.25, 0.3) is 0 Å². The number of hydrogen-bond acceptors (Lipinski definition) is 7. The second-order valence-electron chi connectivity index (χ2n) is 9.35. The highest BCUT2D eigenvalue weighted by molar-refractivity contribution is 9.10. The Bertz CT molecular complexity index is 1270. The van der Waals surface area contributed by atoms with Gasteiger partial charge in [-0.25, -0.2) is 0 Å². The number of anilines is 1. The van der Waals surface area contributed by atoms with Gasteiger partial charge in [0.1, 0.15) is 12.6 Å². The van der Waals surface area contributed by atoms with Crippen LogP contribution in [-0.2, 0) is 11.4 Å². The zero-order valence-electron chi connectivity index (χ0n) is 19.3. The smallest absolute Gasteiger partial charge is 0.248 e. The van der Waals surface area contributed by atoms with Crippen molar-refractivity contribution in [3.8, 4) is 11.5 Å². The number of ether oxygens (including phenoxy) is 2. The first-order valence-electron chi connectivity index (χ1n) is 11.3. The Hall–Kier alpha value is -3.20. The minimum atomic E-state index is -0.455. The van der Waals surface area contributed by atoms with Gasteiger partial charge in [-0.05, 0) is 68.4 Å². The monoisotopic (exact) mass is 523 g/mol. The average molecular weight is 524 g/mol. The molecule has 5 rings (SSSR count). The predicted octanol–water partition coefficient (Wildman–Crippen LogP) is 5.07. The minimum Gasteiger partial charge on any atom is -0.490 e. The Balaban J connectivity index is 1.57. The number of hydrogen-bond donors (Lipinski definition) is 1. The van der Waals surface area contributed by atoms with E-state index in [0.717, 1.165) is 27.7 Å². The SMILES string of the molecule is CCOc1cc(C2C3=C(CC(C)(C)CC3=O)Nc3nnnn32)cc(Br)c1OCc1ccccc1. The highest BCUT2D eigenvalue weighted by Crippen LogP contribution is 2.47. The van der Waals surface area contributed by atoms with Crippen molar-refractivity contribution in [2.24, 2.45) is 5.41 Å². The molecule has 176 valence electrons. The molecular formula is C25H26BrN5O3. The van der Waals surface area contributed by atoms with Gasteiger partial charge in [0.2, 0.25) is 5.95 Å². The molecule has 1 aliphatic heterocycles. The number of carbonyl (C=O) groups is 1. The topological polar surface area (TPSA) is 91.2 Å². The Morgan fingerprint density at radius 3 is 2.74 bits per heavy atom. The van der Waals surface area contributed by atoms with Crippen LogP contribution >= 0.6 is 15.9 Å². The predicted molar refractivity (Wildman–Crippen MR) is 131 cm³/mol. The third-order valence-electron chi connectivity index (χ3n) is 6.07. The number of rotatable bonds is 6. The standard InChI is InChI=1S/C25H26BrN5O3/c1-4-33-20-11-16(10-17(26)23(20)34-14-15-8-6-5-7-9-15)22-21-18(12-25(2,3)13-19(21)32)27-24-28-29-30-31(22)24/h5-11,22H,4,12-14H2,1-3H3,(H,27,28,30). The minimum absolute atomic E-state index is 0.100. The number of ketones is 1. The van der Waals surface area contributed by atoms with Gasteiger partial charge in [-0.15, -0.1) is 0 Å². The molecule has 34 heavy (non-hydrogen) atoms. The number of fused-ring (bicyclic) bond motifs is 1. The summed E-state index contributed by atoms with van der Waals surface area (Å²) >= 11 is 3.68. The number of Topliss-reactive ketones (excluding diaryl/α,β-unsaturated/α-hetero) is 1. The summed E-state index contributed by atoms with van der Waals surface area (Å²) in [5, 5.41) is 15.5. The molecule has 0 amide bonds. The number of carbonyl (C=O) groups excluding carboxylic acids is 1. The molecule has 1 aromatic heterocycles. The number of benzene rings is 2. The molecule has 0 fully saturated rings. The Morgan fingerprint density at radius 1 is 1.18 bits per heavy atom. The van der Waals surface area contributed by atoms with Crippen LogP contribution in [0.15, 0.2) is 58.2 Å². The van der Waals surface area contributed by atoms with Crippen molar-refractivity contribution >= 4 is 27.7 Å². The molecule has 0 bridgehead atoms. The first-order chi connectivity index (χ1) is 16.4. The normalized spacial score (nSPS) is 18.7. The molecule has 3 aromatic rings. The fraction of sp³-hybridized carbons (Fsp3) is 0.360. The first kappa shape index (κ1) is 22.6. The zero-order valence-corrected chi connectivity index (χ0v) is 20.9. The molecule has 2 heterocycles. The molecule has 0 saturated carbocycles. The molecule has 9 heteroatoms. The average Bonchev–Trinajstić information content (AvgIpc) is 3.25. The van der Waals surface area contributed by atoms with E-state index in [4.69, 9.17) is 9.47 Å². The molecule has 0 saturated heterocycles. The third-order valence-corrected chi connectivity index (χ3v) is 6.66. The van der Waals surface area contributed by atoms with E-state index in [1.54, 1.807) is 4.68 Å². The van der Waals surface area contributed by atoms with Crippen molar-refractivity contribution in [3.63, 3.8) is 0 Å². The molecule has 8 nitrogen and oxygen atoms in total. The van der Waals surface area contributed by atoms with Crippen LogP contribution in [0, 0.1) is 5.41 Å². The highest BCUT2D eigenvalue weighted by atomic mass is 79.9. The first-order valence-corrected chi connectivity index (χ1v) is 12.1. The van der Waals surface area contributed by atoms with Crippen LogP contribution in [0.25, 0.3) is 0 Å². The van der Waals surface area contributed by atoms with Gasteiger partial charge in [-0.2, -0.15) is 4.68 Å². The van der Waals surface area contributed by atoms with E-state index in [1.807, 2.05) is 49.4 Å². The van der Waals surface area contributed by atoms with Crippen molar-refractivity contribution in [2.45, 2.75) is 46.3 Å². The maximum Gasteiger partial charge on any atom is 0.248 e. The second kappa shape index (κ2) is 8.87. The summed E-state index contributed by atoms with van der Waals surface area (Å²) in [6.45, 7) is 7.02. The second-order valence-corrected chi connectivity index (χ2v) is 10.2. The van der Waals surface area contributed by atoms with Gasteiger partial charge in [-0.3, -0.25) is 4.79 Å². The fourth-order valence-corrected chi connectivity index (χ4v) is 5.23. The van der Waals surface area contributed by atoms with Crippen LogP contribution < -0.4 is 14.8 Å². The van der Waals surface area contributed by atoms with Gasteiger partial charge in [0.05, 0.1) is 11.1 Å². The van der Waals surface area contributed by atoms with Crippen molar-refractivity contribution < 1.29 is 14.3 Å². The van der Waals surface area contributed by atoms with Crippen LogP contribution in [0.5, 0.6) is 11.5 Å². The van der Waals surface area contributed by atoms with Crippen molar-refractivity contribution in [1.29, 1.82) is 0 Å². The van der Waals surface area contributed by atoms with E-state index in [1.165, 1.54) is 0 Å². The zero-order chi connectivity index (χ0) is 23.9. The fourth-order valence-electron chi connectivity index (χ4n) is 4.66. The Morgan fingerprint density at radius 2 is 1.97 bits per heavy atom. The summed E-state index contributed by atoms with van der Waals surface area (Å²) in [7, 11) is 0. The van der Waals surface area contributed by atoms with Crippen molar-refractivity contribution in [1.82, 2.24) is 20.2 Å². The number of allylic oxidation sites excluding steroid dienone is 2. The summed E-state index contributed by atoms with van der Waals surface area (Å²) in [5.74, 6) is 1.84. The van der Waals surface area contributed by atoms with Crippen LogP contribution in [0.1, 0.15) is 50.8 Å². The van der Waals surface area contributed by atoms with Gasteiger partial charge in [0, 0.05) is 17.7 Å². The molecule has 1 unspecified atom stereocenters. The summed E-state index contributed by atoms with van der Waals surface area (Å²) < 4.78 is 14.5. The number of halogens is 1. The summed E-state index contributed by atoms with van der Waals surface area (Å²) in [6.07, 6.45) is 1.22. The van der Waals surface area contributed by atoms with E-state index in [0.29, 0.717) is 42.7 Å². The molecule has 2 aromatic carbocycles. The number of aromatic nitrogens is 4. The lowest BCUT2D eigenvalue weighted by Gasteiger charge is -2.38. The molecule has 1 atom stereocenters. The molecule has 2 aliphatic rings. The van der Waals surface area contributed by atoms with Crippen molar-refractivity contribution in [2.75, 3.05) is 11.9 Å². The third kappa shape index (κ3) is 4.20. The van der Waals surface area contributed by atoms with Crippen LogP contribution in [0.3, 0.4) is 0 Å². The van der Waals surface area contributed by atoms with Crippen LogP contribution in [0.4, 0.5) is 5.95 Å². The highest BCUT2D eigenvalue weighted by Gasteiger charge is 2.42. The lowest BCUT2D eigenvalue weighted by Crippen LogP contribution is -2.36. The Kier molecular flexibility index (Phi) is 5.89. The summed E-state index contributed by atoms with van der Waals surface area (Å²) in [5.41, 5.74) is 3.36. The van der Waals surface area contributed by atoms with E-state index in [-0.39, 0.29) is 11.2 Å². The summed E-state index contributed by atoms with van der Waals surface area (Å²) in [6, 6.07) is 13.4. The number of nitrogens with one attached hydrogen (secondary N) is 1. The van der Waals surface area contributed by atoms with Gasteiger partial charge in [-0.1, -0.05) is 49.3 Å². The summed E-state index contributed by atoms with van der Waals surface area (Å²) in [4.78, 5) is 13.3. The lowest BCUT2D eigenvalue weighted by molar-refractivity contribution is -0.118. The maximum absolute atomic E-state index is 13.3. The van der Waals surface area contributed by atoms with E-state index < -0.39 is 6.04 Å². The number of nitrogens with zero attached hydrogens (tertiary/aromatic N) is 4. The quantitative estimate of drug-likeness (QED) is 0.482. The van der Waals surface area contributed by atoms with Crippen LogP contribution in [-0.4, -0.2) is 32.6 Å². The van der Waals surface area contributed by atoms with Crippen molar-refractivity contribution in [3.05, 3.63) is 69.3 Å². The van der Waals surface area contributed by atoms with Gasteiger partial charge in [0.15, 0.2) is 17.3 Å². The maximum atomic E-state index is 13.3. The lowest BCUT2D eigenvalue weighted by atomic mass is 9.73.